The summed E-state index contributed by atoms with van der Waals surface area (Å²) in [6.07, 6.45) is 1.84. The summed E-state index contributed by atoms with van der Waals surface area (Å²) in [5.74, 6) is 0.660. The number of hydrogen-bond acceptors (Lipinski definition) is 4. The van der Waals surface area contributed by atoms with Gasteiger partial charge in [0.05, 0.1) is 11.2 Å². The molecule has 23 heavy (non-hydrogen) atoms. The lowest BCUT2D eigenvalue weighted by Crippen LogP contribution is -2.19. The number of hydrogen-bond donors (Lipinski definition) is 1. The van der Waals surface area contributed by atoms with Gasteiger partial charge in [-0.1, -0.05) is 35.6 Å². The van der Waals surface area contributed by atoms with E-state index in [0.717, 1.165) is 27.4 Å². The third-order valence-electron chi connectivity index (χ3n) is 3.23. The Bertz CT molecular complexity index is 843. The minimum Gasteiger partial charge on any atom is -0.323 e. The summed E-state index contributed by atoms with van der Waals surface area (Å²) in [6.45, 7) is 3.84. The van der Waals surface area contributed by atoms with Crippen molar-refractivity contribution in [2.45, 2.75) is 11.4 Å². The van der Waals surface area contributed by atoms with Gasteiger partial charge in [0.25, 0.3) is 0 Å². The molecule has 2 aromatic carbocycles. The molecule has 116 valence electrons. The second kappa shape index (κ2) is 7.11. The van der Waals surface area contributed by atoms with Crippen LogP contribution in [0.2, 0.25) is 0 Å². The molecule has 0 saturated carbocycles. The van der Waals surface area contributed by atoms with Crippen LogP contribution >= 0.6 is 11.8 Å². The number of carbonyl (C=O) groups is 1. The third kappa shape index (κ3) is 3.60. The van der Waals surface area contributed by atoms with Gasteiger partial charge in [-0.25, -0.2) is 4.68 Å². The lowest BCUT2D eigenvalue weighted by Gasteiger charge is -2.10. The van der Waals surface area contributed by atoms with Crippen LogP contribution in [0.3, 0.4) is 0 Å². The van der Waals surface area contributed by atoms with Crippen molar-refractivity contribution in [2.75, 3.05) is 11.1 Å². The highest BCUT2D eigenvalue weighted by atomic mass is 32.2. The average molecular weight is 324 g/mol. The smallest absolute Gasteiger partial charge is 0.246 e. The molecule has 1 N–H and O–H groups in total. The number of nitrogens with zero attached hydrogens (tertiary/aromatic N) is 3. The Morgan fingerprint density at radius 2 is 2.00 bits per heavy atom. The van der Waals surface area contributed by atoms with Crippen molar-refractivity contribution in [2.24, 2.45) is 0 Å². The van der Waals surface area contributed by atoms with E-state index in [1.165, 1.54) is 0 Å². The molecule has 0 aliphatic heterocycles. The van der Waals surface area contributed by atoms with Crippen molar-refractivity contribution >= 4 is 34.4 Å². The standard InChI is InChI=1S/C17H16N4OS/c1-2-11-23-16-10-6-4-8-14(16)18-17(22)12-21-15-9-5-3-7-13(15)19-20-21/h2-10H,1,11-12H2,(H,18,22). The third-order valence-corrected chi connectivity index (χ3v) is 4.30. The predicted octanol–water partition coefficient (Wildman–Crippen LogP) is 3.35. The highest BCUT2D eigenvalue weighted by Crippen LogP contribution is 2.26. The maximum atomic E-state index is 12.3. The van der Waals surface area contributed by atoms with Crippen LogP contribution in [0.15, 0.2) is 66.1 Å². The van der Waals surface area contributed by atoms with Crippen molar-refractivity contribution in [3.63, 3.8) is 0 Å². The van der Waals surface area contributed by atoms with Gasteiger partial charge in [0.15, 0.2) is 0 Å². The van der Waals surface area contributed by atoms with Crippen molar-refractivity contribution in [1.82, 2.24) is 15.0 Å². The van der Waals surface area contributed by atoms with E-state index in [1.807, 2.05) is 54.6 Å². The molecule has 0 bridgehead atoms. The van der Waals surface area contributed by atoms with Gasteiger partial charge in [-0.05, 0) is 24.3 Å². The Kier molecular flexibility index (Phi) is 4.73. The Morgan fingerprint density at radius 3 is 2.87 bits per heavy atom. The summed E-state index contributed by atoms with van der Waals surface area (Å²) in [5, 5.41) is 11.0. The minimum absolute atomic E-state index is 0.126. The van der Waals surface area contributed by atoms with E-state index in [9.17, 15) is 4.79 Å². The normalized spacial score (nSPS) is 10.6. The van der Waals surface area contributed by atoms with E-state index in [0.29, 0.717) is 0 Å². The lowest BCUT2D eigenvalue weighted by molar-refractivity contribution is -0.116. The Balaban J connectivity index is 1.74. The number of amides is 1. The first-order valence-corrected chi connectivity index (χ1v) is 8.17. The molecule has 0 radical (unpaired) electrons. The van der Waals surface area contributed by atoms with Gasteiger partial charge in [0.1, 0.15) is 12.1 Å². The predicted molar refractivity (Wildman–Crippen MR) is 93.5 cm³/mol. The fraction of sp³-hybridized carbons (Fsp3) is 0.118. The van der Waals surface area contributed by atoms with Gasteiger partial charge in [-0.15, -0.1) is 23.4 Å². The number of carbonyl (C=O) groups excluding carboxylic acids is 1. The van der Waals surface area contributed by atoms with Gasteiger partial charge < -0.3 is 5.32 Å². The van der Waals surface area contributed by atoms with Crippen LogP contribution in [-0.2, 0) is 11.3 Å². The number of aromatic nitrogens is 3. The molecular weight excluding hydrogens is 308 g/mol. The van der Waals surface area contributed by atoms with Crippen LogP contribution in [0.4, 0.5) is 5.69 Å². The first kappa shape index (κ1) is 15.3. The van der Waals surface area contributed by atoms with E-state index in [-0.39, 0.29) is 12.5 Å². The minimum atomic E-state index is -0.132. The average Bonchev–Trinajstić information content (AvgIpc) is 2.97. The van der Waals surface area contributed by atoms with E-state index >= 15 is 0 Å². The molecule has 0 aliphatic carbocycles. The van der Waals surface area contributed by atoms with Crippen molar-refractivity contribution < 1.29 is 4.79 Å². The topological polar surface area (TPSA) is 59.8 Å². The van der Waals surface area contributed by atoms with Crippen LogP contribution in [-0.4, -0.2) is 26.7 Å². The molecule has 6 heteroatoms. The Hall–Kier alpha value is -2.60. The van der Waals surface area contributed by atoms with Gasteiger partial charge >= 0.3 is 0 Å². The number of anilines is 1. The molecule has 1 heterocycles. The van der Waals surface area contributed by atoms with Gasteiger partial charge in [-0.3, -0.25) is 4.79 Å². The van der Waals surface area contributed by atoms with E-state index in [1.54, 1.807) is 16.4 Å². The first-order chi connectivity index (χ1) is 11.3. The van der Waals surface area contributed by atoms with E-state index in [4.69, 9.17) is 0 Å². The number of thioether (sulfide) groups is 1. The highest BCUT2D eigenvalue weighted by Gasteiger charge is 2.10. The van der Waals surface area contributed by atoms with Gasteiger partial charge in [-0.2, -0.15) is 0 Å². The second-order valence-corrected chi connectivity index (χ2v) is 5.94. The maximum Gasteiger partial charge on any atom is 0.246 e. The van der Waals surface area contributed by atoms with Gasteiger partial charge in [0.2, 0.25) is 5.91 Å². The SMILES string of the molecule is C=CCSc1ccccc1NC(=O)Cn1nnc2ccccc21. The molecule has 3 rings (SSSR count). The molecule has 1 aromatic heterocycles. The summed E-state index contributed by atoms with van der Waals surface area (Å²) in [7, 11) is 0. The number of nitrogens with one attached hydrogen (secondary N) is 1. The van der Waals surface area contributed by atoms with E-state index < -0.39 is 0 Å². The molecule has 0 spiro atoms. The largest absolute Gasteiger partial charge is 0.323 e. The molecule has 0 fully saturated rings. The molecule has 0 saturated heterocycles. The van der Waals surface area contributed by atoms with Crippen LogP contribution in [0.1, 0.15) is 0 Å². The number of fused-ring (bicyclic) bond motifs is 1. The van der Waals surface area contributed by atoms with Crippen molar-refractivity contribution in [1.29, 1.82) is 0 Å². The molecule has 3 aromatic rings. The lowest BCUT2D eigenvalue weighted by atomic mass is 10.3. The van der Waals surface area contributed by atoms with E-state index in [2.05, 4.69) is 22.2 Å². The zero-order chi connectivity index (χ0) is 16.1. The monoisotopic (exact) mass is 324 g/mol. The number of rotatable bonds is 6. The fourth-order valence-corrected chi connectivity index (χ4v) is 2.95. The van der Waals surface area contributed by atoms with Gasteiger partial charge in [0, 0.05) is 10.6 Å². The van der Waals surface area contributed by atoms with Crippen LogP contribution < -0.4 is 5.32 Å². The summed E-state index contributed by atoms with van der Waals surface area (Å²) in [6, 6.07) is 15.3. The molecule has 0 aliphatic rings. The maximum absolute atomic E-state index is 12.3. The summed E-state index contributed by atoms with van der Waals surface area (Å²) in [5.41, 5.74) is 2.42. The number of para-hydroxylation sites is 2. The van der Waals surface area contributed by atoms with Crippen molar-refractivity contribution in [3.05, 3.63) is 61.2 Å². The summed E-state index contributed by atoms with van der Waals surface area (Å²) in [4.78, 5) is 13.3. The Labute approximate surface area is 138 Å². The molecule has 0 atom stereocenters. The Morgan fingerprint density at radius 1 is 1.22 bits per heavy atom. The highest BCUT2D eigenvalue weighted by molar-refractivity contribution is 7.99. The second-order valence-electron chi connectivity index (χ2n) is 4.88. The summed E-state index contributed by atoms with van der Waals surface area (Å²) >= 11 is 1.63. The fourth-order valence-electron chi connectivity index (χ4n) is 2.20. The first-order valence-electron chi connectivity index (χ1n) is 7.19. The quantitative estimate of drug-likeness (QED) is 0.558. The molecular formula is C17H16N4OS. The van der Waals surface area contributed by atoms with Crippen LogP contribution in [0.5, 0.6) is 0 Å². The molecule has 5 nitrogen and oxygen atoms in total. The zero-order valence-corrected chi connectivity index (χ0v) is 13.3. The molecule has 1 amide bonds. The molecule has 0 unspecified atom stereocenters. The summed E-state index contributed by atoms with van der Waals surface area (Å²) < 4.78 is 1.60. The number of benzene rings is 2. The van der Waals surface area contributed by atoms with Crippen LogP contribution in [0.25, 0.3) is 11.0 Å². The zero-order valence-electron chi connectivity index (χ0n) is 12.5. The van der Waals surface area contributed by atoms with Crippen LogP contribution in [0, 0.1) is 0 Å². The van der Waals surface area contributed by atoms with Crippen molar-refractivity contribution in [3.8, 4) is 0 Å².